The third-order valence-electron chi connectivity index (χ3n) is 2.76. The van der Waals surface area contributed by atoms with E-state index < -0.39 is 9.84 Å². The fourth-order valence-corrected chi connectivity index (χ4v) is 4.23. The molecule has 0 aliphatic heterocycles. The molecule has 20 heavy (non-hydrogen) atoms. The SMILES string of the molecule is CCS(=O)(=O)c1ccc(NCc2cc(Br)c(Cl)s2)cc1. The highest BCUT2D eigenvalue weighted by molar-refractivity contribution is 9.10. The lowest BCUT2D eigenvalue weighted by atomic mass is 10.3. The molecular formula is C13H13BrClNO2S2. The molecule has 0 fully saturated rings. The fraction of sp³-hybridized carbons (Fsp3) is 0.231. The molecule has 0 amide bonds. The van der Waals surface area contributed by atoms with Crippen molar-refractivity contribution in [2.45, 2.75) is 18.4 Å². The Morgan fingerprint density at radius 3 is 2.45 bits per heavy atom. The maximum atomic E-state index is 11.7. The van der Waals surface area contributed by atoms with Gasteiger partial charge in [0, 0.05) is 21.6 Å². The monoisotopic (exact) mass is 393 g/mol. The van der Waals surface area contributed by atoms with E-state index in [0.717, 1.165) is 19.4 Å². The molecule has 1 N–H and O–H groups in total. The van der Waals surface area contributed by atoms with E-state index in [1.807, 2.05) is 6.07 Å². The summed E-state index contributed by atoms with van der Waals surface area (Å²) in [4.78, 5) is 1.46. The highest BCUT2D eigenvalue weighted by atomic mass is 79.9. The Morgan fingerprint density at radius 1 is 1.30 bits per heavy atom. The van der Waals surface area contributed by atoms with Crippen molar-refractivity contribution >= 4 is 54.4 Å². The zero-order chi connectivity index (χ0) is 14.8. The number of anilines is 1. The average molecular weight is 395 g/mol. The topological polar surface area (TPSA) is 46.2 Å². The zero-order valence-corrected chi connectivity index (χ0v) is 14.7. The quantitative estimate of drug-likeness (QED) is 0.808. The molecule has 0 aliphatic rings. The van der Waals surface area contributed by atoms with Crippen LogP contribution in [0.3, 0.4) is 0 Å². The van der Waals surface area contributed by atoms with Crippen LogP contribution >= 0.6 is 38.9 Å². The van der Waals surface area contributed by atoms with Crippen LogP contribution < -0.4 is 5.32 Å². The van der Waals surface area contributed by atoms with E-state index in [4.69, 9.17) is 11.6 Å². The summed E-state index contributed by atoms with van der Waals surface area (Å²) in [5.41, 5.74) is 0.876. The van der Waals surface area contributed by atoms with Crippen LogP contribution in [0.2, 0.25) is 4.34 Å². The Morgan fingerprint density at radius 2 is 1.95 bits per heavy atom. The molecule has 0 spiro atoms. The Kier molecular flexibility index (Phi) is 5.12. The predicted octanol–water partition coefficient (Wildman–Crippen LogP) is 4.57. The second kappa shape index (κ2) is 6.47. The molecule has 2 aromatic rings. The maximum absolute atomic E-state index is 11.7. The van der Waals surface area contributed by atoms with Crippen LogP contribution in [-0.4, -0.2) is 14.2 Å². The lowest BCUT2D eigenvalue weighted by Crippen LogP contribution is -2.04. The molecule has 0 saturated carbocycles. The third kappa shape index (κ3) is 3.75. The minimum absolute atomic E-state index is 0.113. The van der Waals surface area contributed by atoms with Crippen LogP contribution in [0.4, 0.5) is 5.69 Å². The molecule has 1 aromatic heterocycles. The van der Waals surface area contributed by atoms with Crippen LogP contribution in [0.25, 0.3) is 0 Å². The molecule has 3 nitrogen and oxygen atoms in total. The summed E-state index contributed by atoms with van der Waals surface area (Å²) < 4.78 is 25.0. The standard InChI is InChI=1S/C13H13BrClNO2S2/c1-2-20(17,18)11-5-3-9(4-6-11)16-8-10-7-12(14)13(15)19-10/h3-7,16H,2,8H2,1H3. The highest BCUT2D eigenvalue weighted by Crippen LogP contribution is 2.32. The number of benzene rings is 1. The van der Waals surface area contributed by atoms with E-state index >= 15 is 0 Å². The van der Waals surface area contributed by atoms with Gasteiger partial charge in [0.1, 0.15) is 4.34 Å². The van der Waals surface area contributed by atoms with Gasteiger partial charge in [-0.05, 0) is 46.3 Å². The second-order valence-corrected chi connectivity index (χ2v) is 8.99. The minimum Gasteiger partial charge on any atom is -0.380 e. The van der Waals surface area contributed by atoms with Gasteiger partial charge in [0.25, 0.3) is 0 Å². The molecule has 1 aromatic carbocycles. The smallest absolute Gasteiger partial charge is 0.178 e. The van der Waals surface area contributed by atoms with E-state index in [-0.39, 0.29) is 5.75 Å². The summed E-state index contributed by atoms with van der Waals surface area (Å²) in [6.07, 6.45) is 0. The van der Waals surface area contributed by atoms with Gasteiger partial charge in [-0.15, -0.1) is 11.3 Å². The molecule has 2 rings (SSSR count). The molecule has 0 aliphatic carbocycles. The fourth-order valence-electron chi connectivity index (χ4n) is 1.61. The largest absolute Gasteiger partial charge is 0.380 e. The molecule has 0 atom stereocenters. The second-order valence-electron chi connectivity index (χ2n) is 4.12. The van der Waals surface area contributed by atoms with Crippen molar-refractivity contribution in [3.05, 3.63) is 44.0 Å². The van der Waals surface area contributed by atoms with Crippen molar-refractivity contribution in [2.24, 2.45) is 0 Å². The maximum Gasteiger partial charge on any atom is 0.178 e. The number of hydrogen-bond acceptors (Lipinski definition) is 4. The van der Waals surface area contributed by atoms with Crippen molar-refractivity contribution in [1.82, 2.24) is 0 Å². The number of rotatable bonds is 5. The lowest BCUT2D eigenvalue weighted by Gasteiger charge is -2.06. The normalized spacial score (nSPS) is 11.6. The van der Waals surface area contributed by atoms with Crippen LogP contribution in [0.15, 0.2) is 39.7 Å². The van der Waals surface area contributed by atoms with Gasteiger partial charge in [0.2, 0.25) is 0 Å². The first-order valence-electron chi connectivity index (χ1n) is 5.93. The zero-order valence-electron chi connectivity index (χ0n) is 10.7. The van der Waals surface area contributed by atoms with Crippen LogP contribution in [-0.2, 0) is 16.4 Å². The number of sulfone groups is 1. The summed E-state index contributed by atoms with van der Waals surface area (Å²) in [6.45, 7) is 2.29. The lowest BCUT2D eigenvalue weighted by molar-refractivity contribution is 0.597. The van der Waals surface area contributed by atoms with Crippen LogP contribution in [0.1, 0.15) is 11.8 Å². The molecule has 0 saturated heterocycles. The van der Waals surface area contributed by atoms with Gasteiger partial charge >= 0.3 is 0 Å². The average Bonchev–Trinajstić information content (AvgIpc) is 2.76. The highest BCUT2D eigenvalue weighted by Gasteiger charge is 2.10. The minimum atomic E-state index is -3.13. The summed E-state index contributed by atoms with van der Waals surface area (Å²) in [6, 6.07) is 8.76. The van der Waals surface area contributed by atoms with Gasteiger partial charge in [0.15, 0.2) is 9.84 Å². The van der Waals surface area contributed by atoms with E-state index in [1.165, 1.54) is 11.3 Å². The predicted molar refractivity (Wildman–Crippen MR) is 88.5 cm³/mol. The first-order valence-corrected chi connectivity index (χ1v) is 9.57. The van der Waals surface area contributed by atoms with Crippen LogP contribution in [0.5, 0.6) is 0 Å². The van der Waals surface area contributed by atoms with Crippen molar-refractivity contribution < 1.29 is 8.42 Å². The van der Waals surface area contributed by atoms with E-state index in [2.05, 4.69) is 21.2 Å². The first kappa shape index (κ1) is 15.8. The van der Waals surface area contributed by atoms with Crippen molar-refractivity contribution in [1.29, 1.82) is 0 Å². The van der Waals surface area contributed by atoms with Crippen molar-refractivity contribution in [3.63, 3.8) is 0 Å². The molecular weight excluding hydrogens is 382 g/mol. The van der Waals surface area contributed by atoms with Crippen molar-refractivity contribution in [3.8, 4) is 0 Å². The molecule has 1 heterocycles. The third-order valence-corrected chi connectivity index (χ3v) is 6.98. The van der Waals surface area contributed by atoms with Gasteiger partial charge in [0.05, 0.1) is 10.6 Å². The number of hydrogen-bond donors (Lipinski definition) is 1. The van der Waals surface area contributed by atoms with E-state index in [0.29, 0.717) is 11.4 Å². The molecule has 7 heteroatoms. The summed E-state index contributed by atoms with van der Waals surface area (Å²) in [5.74, 6) is 0.113. The molecule has 0 unspecified atom stereocenters. The Bertz CT molecular complexity index is 676. The molecule has 0 bridgehead atoms. The number of halogens is 2. The van der Waals surface area contributed by atoms with Gasteiger partial charge in [-0.1, -0.05) is 18.5 Å². The van der Waals surface area contributed by atoms with Gasteiger partial charge in [-0.25, -0.2) is 8.42 Å². The number of nitrogens with one attached hydrogen (secondary N) is 1. The van der Waals surface area contributed by atoms with E-state index in [9.17, 15) is 8.42 Å². The summed E-state index contributed by atoms with van der Waals surface area (Å²) in [5, 5.41) is 3.23. The van der Waals surface area contributed by atoms with Gasteiger partial charge < -0.3 is 5.32 Å². The van der Waals surface area contributed by atoms with Crippen LogP contribution in [0, 0.1) is 0 Å². The van der Waals surface area contributed by atoms with Gasteiger partial charge in [-0.2, -0.15) is 0 Å². The molecule has 0 radical (unpaired) electrons. The van der Waals surface area contributed by atoms with Gasteiger partial charge in [-0.3, -0.25) is 0 Å². The number of thiophene rings is 1. The Labute approximate surface area is 136 Å². The van der Waals surface area contributed by atoms with E-state index in [1.54, 1.807) is 31.2 Å². The first-order chi connectivity index (χ1) is 9.42. The van der Waals surface area contributed by atoms with Crippen molar-refractivity contribution in [2.75, 3.05) is 11.1 Å². The summed E-state index contributed by atoms with van der Waals surface area (Å²) in [7, 11) is -3.13. The molecule has 108 valence electrons. The Balaban J connectivity index is 2.04. The Hall–Kier alpha value is -0.560. The summed E-state index contributed by atoms with van der Waals surface area (Å²) >= 11 is 10.8.